The maximum Gasteiger partial charge on any atom is 0.251 e. The summed E-state index contributed by atoms with van der Waals surface area (Å²) in [4.78, 5) is 29.2. The number of piperidine rings is 1. The molecule has 2 aliphatic rings. The molecule has 1 N–H and O–H groups in total. The molecule has 2 heterocycles. The van der Waals surface area contributed by atoms with Crippen molar-refractivity contribution in [3.8, 4) is 0 Å². The predicted molar refractivity (Wildman–Crippen MR) is 112 cm³/mol. The molecular formula is C22H24ClN3O2. The van der Waals surface area contributed by atoms with Crippen molar-refractivity contribution in [2.45, 2.75) is 31.7 Å². The highest BCUT2D eigenvalue weighted by Crippen LogP contribution is 2.39. The molecule has 2 amide bonds. The van der Waals surface area contributed by atoms with Crippen LogP contribution in [0.25, 0.3) is 0 Å². The molecule has 146 valence electrons. The Morgan fingerprint density at radius 2 is 1.93 bits per heavy atom. The Hall–Kier alpha value is -2.53. The van der Waals surface area contributed by atoms with Crippen molar-refractivity contribution in [1.82, 2.24) is 5.32 Å². The lowest BCUT2D eigenvalue weighted by atomic mass is 9.96. The van der Waals surface area contributed by atoms with Crippen molar-refractivity contribution in [1.29, 1.82) is 0 Å². The van der Waals surface area contributed by atoms with Crippen molar-refractivity contribution in [2.24, 2.45) is 0 Å². The summed E-state index contributed by atoms with van der Waals surface area (Å²) in [6.07, 6.45) is 3.82. The van der Waals surface area contributed by atoms with E-state index in [2.05, 4.69) is 10.2 Å². The summed E-state index contributed by atoms with van der Waals surface area (Å²) in [7, 11) is 1.80. The number of fused-ring (bicyclic) bond motifs is 3. The molecule has 2 aliphatic heterocycles. The fourth-order valence-electron chi connectivity index (χ4n) is 4.07. The number of likely N-dealkylation sites (N-methyl/N-ethyl adjacent to an activating group) is 1. The molecule has 0 saturated carbocycles. The van der Waals surface area contributed by atoms with Crippen LogP contribution in [-0.2, 0) is 11.2 Å². The van der Waals surface area contributed by atoms with Crippen LogP contribution >= 0.6 is 11.6 Å². The standard InChI is InChI=1S/C22H24ClN3O2/c1-25-20-14-16(21(27)24-12-11-15-5-8-17(23)9-6-15)7-10-18(20)26-13-3-2-4-19(26)22(25)28/h5-10,14,19H,2-4,11-13H2,1H3,(H,24,27)/t19-/m0/s1. The van der Waals surface area contributed by atoms with Crippen molar-refractivity contribution in [3.63, 3.8) is 0 Å². The second-order valence-corrected chi connectivity index (χ2v) is 7.87. The number of anilines is 2. The van der Waals surface area contributed by atoms with Gasteiger partial charge in [0.15, 0.2) is 0 Å². The Morgan fingerprint density at radius 3 is 2.71 bits per heavy atom. The van der Waals surface area contributed by atoms with Crippen LogP contribution in [0, 0.1) is 0 Å². The van der Waals surface area contributed by atoms with Gasteiger partial charge in [-0.05, 0) is 61.6 Å². The molecule has 1 atom stereocenters. The minimum Gasteiger partial charge on any atom is -0.358 e. The van der Waals surface area contributed by atoms with Gasteiger partial charge in [-0.3, -0.25) is 9.59 Å². The van der Waals surface area contributed by atoms with Crippen molar-refractivity contribution < 1.29 is 9.59 Å². The Kier molecular flexibility index (Phi) is 5.27. The molecule has 0 aromatic heterocycles. The molecular weight excluding hydrogens is 374 g/mol. The zero-order valence-electron chi connectivity index (χ0n) is 16.0. The topological polar surface area (TPSA) is 52.7 Å². The van der Waals surface area contributed by atoms with Gasteiger partial charge in [0, 0.05) is 30.7 Å². The first-order valence-corrected chi connectivity index (χ1v) is 10.1. The van der Waals surface area contributed by atoms with Crippen LogP contribution in [0.5, 0.6) is 0 Å². The third-order valence-corrected chi connectivity index (χ3v) is 5.89. The number of hydrogen-bond donors (Lipinski definition) is 1. The van der Waals surface area contributed by atoms with Gasteiger partial charge in [0.25, 0.3) is 5.91 Å². The molecule has 0 radical (unpaired) electrons. The van der Waals surface area contributed by atoms with E-state index in [0.717, 1.165) is 49.2 Å². The molecule has 0 aliphatic carbocycles. The summed E-state index contributed by atoms with van der Waals surface area (Å²) in [5.74, 6) is -0.00845. The molecule has 2 aromatic carbocycles. The van der Waals surface area contributed by atoms with Crippen molar-refractivity contribution >= 4 is 34.8 Å². The summed E-state index contributed by atoms with van der Waals surface area (Å²) in [6.45, 7) is 1.43. The Balaban J connectivity index is 1.46. The summed E-state index contributed by atoms with van der Waals surface area (Å²) in [6, 6.07) is 13.2. The highest BCUT2D eigenvalue weighted by atomic mass is 35.5. The molecule has 28 heavy (non-hydrogen) atoms. The number of amides is 2. The van der Waals surface area contributed by atoms with Crippen LogP contribution < -0.4 is 15.1 Å². The first kappa shape index (κ1) is 18.8. The molecule has 4 rings (SSSR count). The number of halogens is 1. The zero-order chi connectivity index (χ0) is 19.7. The number of nitrogens with one attached hydrogen (secondary N) is 1. The number of rotatable bonds is 4. The normalized spacial score (nSPS) is 18.5. The summed E-state index contributed by atoms with van der Waals surface area (Å²) in [5.41, 5.74) is 3.56. The van der Waals surface area contributed by atoms with Gasteiger partial charge in [0.1, 0.15) is 6.04 Å². The summed E-state index contributed by atoms with van der Waals surface area (Å²) < 4.78 is 0. The van der Waals surface area contributed by atoms with Crippen molar-refractivity contribution in [3.05, 3.63) is 58.6 Å². The largest absolute Gasteiger partial charge is 0.358 e. The second-order valence-electron chi connectivity index (χ2n) is 7.44. The Morgan fingerprint density at radius 1 is 1.14 bits per heavy atom. The summed E-state index contributed by atoms with van der Waals surface area (Å²) in [5, 5.41) is 3.67. The lowest BCUT2D eigenvalue weighted by Crippen LogP contribution is -2.54. The van der Waals surface area contributed by atoms with Gasteiger partial charge < -0.3 is 15.1 Å². The molecule has 2 aromatic rings. The molecule has 1 saturated heterocycles. The second kappa shape index (κ2) is 7.84. The van der Waals surface area contributed by atoms with E-state index in [1.807, 2.05) is 42.5 Å². The van der Waals surface area contributed by atoms with E-state index in [9.17, 15) is 9.59 Å². The van der Waals surface area contributed by atoms with Gasteiger partial charge in [-0.2, -0.15) is 0 Å². The van der Waals surface area contributed by atoms with Gasteiger partial charge >= 0.3 is 0 Å². The monoisotopic (exact) mass is 397 g/mol. The summed E-state index contributed by atoms with van der Waals surface area (Å²) >= 11 is 5.90. The van der Waals surface area contributed by atoms with Crippen LogP contribution in [0.3, 0.4) is 0 Å². The number of nitrogens with zero attached hydrogens (tertiary/aromatic N) is 2. The predicted octanol–water partition coefficient (Wildman–Crippen LogP) is 3.65. The Labute approximate surface area is 170 Å². The first-order valence-electron chi connectivity index (χ1n) is 9.75. The highest BCUT2D eigenvalue weighted by Gasteiger charge is 2.37. The molecule has 1 fully saturated rings. The maximum absolute atomic E-state index is 12.7. The van der Waals surface area contributed by atoms with E-state index >= 15 is 0 Å². The van der Waals surface area contributed by atoms with E-state index in [4.69, 9.17) is 11.6 Å². The van der Waals surface area contributed by atoms with E-state index in [1.54, 1.807) is 11.9 Å². The fourth-order valence-corrected chi connectivity index (χ4v) is 4.19. The van der Waals surface area contributed by atoms with Crippen LogP contribution in [-0.4, -0.2) is 38.0 Å². The quantitative estimate of drug-likeness (QED) is 0.856. The highest BCUT2D eigenvalue weighted by molar-refractivity contribution is 6.30. The van der Waals surface area contributed by atoms with Crippen LogP contribution in [0.2, 0.25) is 5.02 Å². The first-order chi connectivity index (χ1) is 13.5. The Bertz CT molecular complexity index is 897. The van der Waals surface area contributed by atoms with Gasteiger partial charge in [-0.15, -0.1) is 0 Å². The lowest BCUT2D eigenvalue weighted by molar-refractivity contribution is -0.120. The van der Waals surface area contributed by atoms with Crippen molar-refractivity contribution in [2.75, 3.05) is 29.9 Å². The van der Waals surface area contributed by atoms with Gasteiger partial charge in [-0.1, -0.05) is 23.7 Å². The smallest absolute Gasteiger partial charge is 0.251 e. The molecule has 0 spiro atoms. The lowest BCUT2D eigenvalue weighted by Gasteiger charge is -2.44. The van der Waals surface area contributed by atoms with Crippen LogP contribution in [0.4, 0.5) is 11.4 Å². The van der Waals surface area contributed by atoms with E-state index < -0.39 is 0 Å². The van der Waals surface area contributed by atoms with Gasteiger partial charge in [0.2, 0.25) is 5.91 Å². The third-order valence-electron chi connectivity index (χ3n) is 5.64. The number of benzene rings is 2. The van der Waals surface area contributed by atoms with Gasteiger partial charge in [0.05, 0.1) is 11.4 Å². The fraction of sp³-hybridized carbons (Fsp3) is 0.364. The SMILES string of the molecule is CN1C(=O)[C@@H]2CCCCN2c2ccc(C(=O)NCCc3ccc(Cl)cc3)cc21. The molecule has 0 bridgehead atoms. The third kappa shape index (κ3) is 3.59. The number of carbonyl (C=O) groups is 2. The zero-order valence-corrected chi connectivity index (χ0v) is 16.7. The number of hydrogen-bond acceptors (Lipinski definition) is 3. The molecule has 0 unspecified atom stereocenters. The average molecular weight is 398 g/mol. The maximum atomic E-state index is 12.7. The van der Waals surface area contributed by atoms with E-state index in [0.29, 0.717) is 17.1 Å². The minimum absolute atomic E-state index is 0.0645. The van der Waals surface area contributed by atoms with E-state index in [1.165, 1.54) is 0 Å². The average Bonchev–Trinajstić information content (AvgIpc) is 2.73. The van der Waals surface area contributed by atoms with Crippen LogP contribution in [0.1, 0.15) is 35.2 Å². The van der Waals surface area contributed by atoms with E-state index in [-0.39, 0.29) is 17.9 Å². The van der Waals surface area contributed by atoms with Crippen LogP contribution in [0.15, 0.2) is 42.5 Å². The molecule has 5 nitrogen and oxygen atoms in total. The molecule has 6 heteroatoms. The van der Waals surface area contributed by atoms with Gasteiger partial charge in [-0.25, -0.2) is 0 Å². The number of carbonyl (C=O) groups excluding carboxylic acids is 2. The minimum atomic E-state index is -0.126.